The number of nitrogens with one attached hydrogen (secondary N) is 1. The van der Waals surface area contributed by atoms with Crippen LogP contribution in [0.5, 0.6) is 0 Å². The average molecular weight is 237 g/mol. The van der Waals surface area contributed by atoms with Crippen molar-refractivity contribution in [2.45, 2.75) is 6.54 Å². The summed E-state index contributed by atoms with van der Waals surface area (Å²) in [6, 6.07) is 8.13. The first-order chi connectivity index (χ1) is 7.75. The molecule has 2 aromatic rings. The van der Waals surface area contributed by atoms with E-state index in [-0.39, 0.29) is 5.82 Å². The number of rotatable bonds is 3. The van der Waals surface area contributed by atoms with E-state index in [9.17, 15) is 4.39 Å². The maximum atomic E-state index is 12.9. The van der Waals surface area contributed by atoms with E-state index < -0.39 is 0 Å². The van der Waals surface area contributed by atoms with Crippen molar-refractivity contribution in [1.29, 1.82) is 0 Å². The van der Waals surface area contributed by atoms with Crippen LogP contribution in [-0.4, -0.2) is 4.98 Å². The molecule has 0 aliphatic carbocycles. The van der Waals surface area contributed by atoms with Crippen molar-refractivity contribution in [3.8, 4) is 0 Å². The second-order valence-electron chi connectivity index (χ2n) is 3.34. The first-order valence-corrected chi connectivity index (χ1v) is 5.21. The molecule has 1 N–H and O–H groups in total. The van der Waals surface area contributed by atoms with Crippen molar-refractivity contribution in [2.24, 2.45) is 0 Å². The number of halogens is 2. The molecular weight excluding hydrogens is 227 g/mol. The van der Waals surface area contributed by atoms with Gasteiger partial charge in [-0.15, -0.1) is 0 Å². The Balaban J connectivity index is 2.05. The fourth-order valence-corrected chi connectivity index (χ4v) is 1.52. The zero-order valence-electron chi connectivity index (χ0n) is 8.45. The topological polar surface area (TPSA) is 24.9 Å². The lowest BCUT2D eigenvalue weighted by Crippen LogP contribution is -2.00. The van der Waals surface area contributed by atoms with Gasteiger partial charge < -0.3 is 5.32 Å². The molecule has 1 aromatic heterocycles. The highest BCUT2D eigenvalue weighted by molar-refractivity contribution is 6.33. The third-order valence-corrected chi connectivity index (χ3v) is 2.47. The fraction of sp³-hybridized carbons (Fsp3) is 0.0833. The zero-order chi connectivity index (χ0) is 11.4. The van der Waals surface area contributed by atoms with E-state index in [1.54, 1.807) is 24.5 Å². The van der Waals surface area contributed by atoms with Crippen LogP contribution in [0.4, 0.5) is 10.1 Å². The molecule has 0 amide bonds. The largest absolute Gasteiger partial charge is 0.379 e. The summed E-state index contributed by atoms with van der Waals surface area (Å²) in [5.74, 6) is -0.239. The second kappa shape index (κ2) is 4.94. The quantitative estimate of drug-likeness (QED) is 0.883. The number of aromatic nitrogens is 1. The number of benzene rings is 1. The van der Waals surface area contributed by atoms with Crippen molar-refractivity contribution in [3.63, 3.8) is 0 Å². The van der Waals surface area contributed by atoms with Gasteiger partial charge in [0.05, 0.1) is 16.9 Å². The molecule has 0 radical (unpaired) electrons. The minimum Gasteiger partial charge on any atom is -0.379 e. The molecule has 2 nitrogen and oxygen atoms in total. The Morgan fingerprint density at radius 3 is 2.94 bits per heavy atom. The molecule has 0 aliphatic rings. The normalized spacial score (nSPS) is 10.1. The summed E-state index contributed by atoms with van der Waals surface area (Å²) in [7, 11) is 0. The van der Waals surface area contributed by atoms with Crippen molar-refractivity contribution in [2.75, 3.05) is 5.32 Å². The Labute approximate surface area is 98.1 Å². The second-order valence-corrected chi connectivity index (χ2v) is 3.75. The molecule has 0 unspecified atom stereocenters. The SMILES string of the molecule is Fc1cccc(CNc2cnccc2Cl)c1. The third-order valence-electron chi connectivity index (χ3n) is 2.14. The Morgan fingerprint density at radius 1 is 1.31 bits per heavy atom. The maximum Gasteiger partial charge on any atom is 0.123 e. The van der Waals surface area contributed by atoms with E-state index >= 15 is 0 Å². The highest BCUT2D eigenvalue weighted by Gasteiger charge is 1.99. The Hall–Kier alpha value is -1.61. The van der Waals surface area contributed by atoms with Crippen molar-refractivity contribution in [3.05, 3.63) is 59.1 Å². The number of nitrogens with zero attached hydrogens (tertiary/aromatic N) is 1. The molecule has 1 heterocycles. The van der Waals surface area contributed by atoms with Crippen LogP contribution in [0.25, 0.3) is 0 Å². The standard InChI is InChI=1S/C12H10ClFN2/c13-11-4-5-15-8-12(11)16-7-9-2-1-3-10(14)6-9/h1-6,8,16H,7H2. The summed E-state index contributed by atoms with van der Waals surface area (Å²) < 4.78 is 12.9. The van der Waals surface area contributed by atoms with E-state index in [0.29, 0.717) is 11.6 Å². The molecule has 2 rings (SSSR count). The van der Waals surface area contributed by atoms with Crippen LogP contribution in [0.1, 0.15) is 5.56 Å². The van der Waals surface area contributed by atoms with E-state index in [1.807, 2.05) is 6.07 Å². The van der Waals surface area contributed by atoms with E-state index in [1.165, 1.54) is 12.1 Å². The summed E-state index contributed by atoms with van der Waals surface area (Å²) in [4.78, 5) is 3.95. The zero-order valence-corrected chi connectivity index (χ0v) is 9.21. The number of hydrogen-bond acceptors (Lipinski definition) is 2. The van der Waals surface area contributed by atoms with Crippen LogP contribution in [-0.2, 0) is 6.54 Å². The van der Waals surface area contributed by atoms with Gasteiger partial charge >= 0.3 is 0 Å². The number of hydrogen-bond donors (Lipinski definition) is 1. The first kappa shape index (κ1) is 10.9. The smallest absolute Gasteiger partial charge is 0.123 e. The highest BCUT2D eigenvalue weighted by Crippen LogP contribution is 2.19. The van der Waals surface area contributed by atoms with E-state index in [2.05, 4.69) is 10.3 Å². The van der Waals surface area contributed by atoms with Crippen LogP contribution in [0, 0.1) is 5.82 Å². The van der Waals surface area contributed by atoms with Gasteiger partial charge in [-0.3, -0.25) is 4.98 Å². The Kier molecular flexibility index (Phi) is 3.37. The molecule has 16 heavy (non-hydrogen) atoms. The third kappa shape index (κ3) is 2.70. The molecular formula is C12H10ClFN2. The average Bonchev–Trinajstić information content (AvgIpc) is 2.28. The minimum atomic E-state index is -0.239. The lowest BCUT2D eigenvalue weighted by atomic mass is 10.2. The van der Waals surface area contributed by atoms with Gasteiger partial charge in [0.1, 0.15) is 5.82 Å². The molecule has 0 atom stereocenters. The van der Waals surface area contributed by atoms with Gasteiger partial charge in [-0.05, 0) is 23.8 Å². The van der Waals surface area contributed by atoms with Gasteiger partial charge in [-0.1, -0.05) is 23.7 Å². The fourth-order valence-electron chi connectivity index (χ4n) is 1.35. The maximum absolute atomic E-state index is 12.9. The van der Waals surface area contributed by atoms with E-state index in [4.69, 9.17) is 11.6 Å². The summed E-state index contributed by atoms with van der Waals surface area (Å²) in [5.41, 5.74) is 1.60. The van der Waals surface area contributed by atoms with Gasteiger partial charge in [0.25, 0.3) is 0 Å². The highest BCUT2D eigenvalue weighted by atomic mass is 35.5. The molecule has 0 spiro atoms. The van der Waals surface area contributed by atoms with Gasteiger partial charge in [-0.2, -0.15) is 0 Å². The summed E-state index contributed by atoms with van der Waals surface area (Å²) in [6.07, 6.45) is 3.26. The van der Waals surface area contributed by atoms with Gasteiger partial charge in [0.15, 0.2) is 0 Å². The molecule has 0 bridgehead atoms. The van der Waals surface area contributed by atoms with Gasteiger partial charge in [0, 0.05) is 12.7 Å². The Morgan fingerprint density at radius 2 is 2.19 bits per heavy atom. The molecule has 4 heteroatoms. The Bertz CT molecular complexity index is 488. The lowest BCUT2D eigenvalue weighted by Gasteiger charge is -2.07. The molecule has 0 aliphatic heterocycles. The summed E-state index contributed by atoms with van der Waals surface area (Å²) in [5, 5.41) is 3.70. The molecule has 0 saturated carbocycles. The number of anilines is 1. The van der Waals surface area contributed by atoms with E-state index in [0.717, 1.165) is 11.3 Å². The van der Waals surface area contributed by atoms with Crippen LogP contribution in [0.2, 0.25) is 5.02 Å². The van der Waals surface area contributed by atoms with Gasteiger partial charge in [-0.25, -0.2) is 4.39 Å². The predicted molar refractivity (Wildman–Crippen MR) is 63.0 cm³/mol. The molecule has 1 aromatic carbocycles. The first-order valence-electron chi connectivity index (χ1n) is 4.83. The number of pyridine rings is 1. The monoisotopic (exact) mass is 236 g/mol. The molecule has 0 saturated heterocycles. The van der Waals surface area contributed by atoms with Crippen LogP contribution >= 0.6 is 11.6 Å². The molecule has 0 fully saturated rings. The lowest BCUT2D eigenvalue weighted by molar-refractivity contribution is 0.626. The van der Waals surface area contributed by atoms with Crippen LogP contribution in [0.3, 0.4) is 0 Å². The molecule has 82 valence electrons. The summed E-state index contributed by atoms with van der Waals surface area (Å²) in [6.45, 7) is 0.517. The summed E-state index contributed by atoms with van der Waals surface area (Å²) >= 11 is 5.95. The van der Waals surface area contributed by atoms with Crippen LogP contribution < -0.4 is 5.32 Å². The van der Waals surface area contributed by atoms with Crippen LogP contribution in [0.15, 0.2) is 42.7 Å². The predicted octanol–water partition coefficient (Wildman–Crippen LogP) is 3.49. The minimum absolute atomic E-state index is 0.239. The van der Waals surface area contributed by atoms with Gasteiger partial charge in [0.2, 0.25) is 0 Å². The van der Waals surface area contributed by atoms with Crippen molar-refractivity contribution >= 4 is 17.3 Å². The van der Waals surface area contributed by atoms with Crippen molar-refractivity contribution in [1.82, 2.24) is 4.98 Å². The van der Waals surface area contributed by atoms with Crippen molar-refractivity contribution < 1.29 is 4.39 Å².